The smallest absolute Gasteiger partial charge is 0.329 e. The molecule has 0 spiro atoms. The molecule has 3 unspecified atom stereocenters. The molecule has 0 saturated carbocycles. The number of hydrogen-bond donors (Lipinski definition) is 2. The van der Waals surface area contributed by atoms with Gasteiger partial charge < -0.3 is 24.2 Å². The molecule has 0 bridgehead atoms. The Hall–Kier alpha value is -0.460. The second-order valence-corrected chi connectivity index (χ2v) is 11.5. The first-order valence-electron chi connectivity index (χ1n) is 13.7. The van der Waals surface area contributed by atoms with E-state index in [0.717, 1.165) is 6.42 Å². The predicted molar refractivity (Wildman–Crippen MR) is 140 cm³/mol. The minimum atomic E-state index is -3.71. The Kier molecular flexibility index (Phi) is 22.7. The Morgan fingerprint density at radius 3 is 1.97 bits per heavy atom. The fourth-order valence-corrected chi connectivity index (χ4v) is 4.75. The van der Waals surface area contributed by atoms with Gasteiger partial charge in [0.25, 0.3) is 0 Å². The molecular formula is C26H54NO6P. The van der Waals surface area contributed by atoms with Gasteiger partial charge in [0.05, 0.1) is 19.4 Å². The highest BCUT2D eigenvalue weighted by Gasteiger charge is 2.23. The third-order valence-electron chi connectivity index (χ3n) is 5.95. The quantitative estimate of drug-likeness (QED) is 0.0830. The highest BCUT2D eigenvalue weighted by atomic mass is 31.2. The third kappa shape index (κ3) is 22.0. The summed E-state index contributed by atoms with van der Waals surface area (Å²) in [4.78, 5) is 21.5. The summed E-state index contributed by atoms with van der Waals surface area (Å²) in [5.74, 6) is 0.0517. The van der Waals surface area contributed by atoms with E-state index in [0.29, 0.717) is 19.1 Å². The standard InChI is InChI=1S/C26H54NO6P/c1-5-7-8-9-10-11-12-13-14-15-16-17-18-24(3)21-31-22-25(33-26(28)6-2)23-32-34(29,30)20-19-27-4/h24-25,27H,5-23H2,1-4H3,(H,29,30). The molecule has 8 heteroatoms. The molecule has 0 aliphatic heterocycles. The number of ether oxygens (including phenoxy) is 2. The van der Waals surface area contributed by atoms with Crippen LogP contribution in [0.1, 0.15) is 111 Å². The number of hydrogen-bond acceptors (Lipinski definition) is 6. The molecule has 0 fully saturated rings. The molecule has 3 atom stereocenters. The van der Waals surface area contributed by atoms with Crippen molar-refractivity contribution in [2.75, 3.05) is 39.6 Å². The number of carbonyl (C=O) groups is 1. The summed E-state index contributed by atoms with van der Waals surface area (Å²) in [5.41, 5.74) is 0. The summed E-state index contributed by atoms with van der Waals surface area (Å²) in [6, 6.07) is 0. The van der Waals surface area contributed by atoms with Gasteiger partial charge in [-0.25, -0.2) is 0 Å². The van der Waals surface area contributed by atoms with Gasteiger partial charge in [-0.15, -0.1) is 0 Å². The van der Waals surface area contributed by atoms with E-state index in [1.54, 1.807) is 14.0 Å². The molecule has 0 aromatic rings. The van der Waals surface area contributed by atoms with Crippen LogP contribution in [0.4, 0.5) is 0 Å². The van der Waals surface area contributed by atoms with Crippen LogP contribution in [-0.4, -0.2) is 56.5 Å². The van der Waals surface area contributed by atoms with Crippen LogP contribution < -0.4 is 5.32 Å². The zero-order chi connectivity index (χ0) is 25.5. The van der Waals surface area contributed by atoms with Crippen molar-refractivity contribution in [2.24, 2.45) is 5.92 Å². The molecule has 0 aliphatic carbocycles. The number of nitrogens with one attached hydrogen (secondary N) is 1. The summed E-state index contributed by atoms with van der Waals surface area (Å²) < 4.78 is 28.3. The molecule has 0 amide bonds. The maximum Gasteiger partial charge on any atom is 0.329 e. The second kappa shape index (κ2) is 23.0. The van der Waals surface area contributed by atoms with Crippen LogP contribution >= 0.6 is 7.60 Å². The first-order valence-corrected chi connectivity index (χ1v) is 15.5. The first kappa shape index (κ1) is 33.5. The zero-order valence-corrected chi connectivity index (χ0v) is 23.4. The molecular weight excluding hydrogens is 453 g/mol. The summed E-state index contributed by atoms with van der Waals surface area (Å²) in [7, 11) is -2.01. The van der Waals surface area contributed by atoms with Gasteiger partial charge in [-0.3, -0.25) is 9.36 Å². The number of rotatable bonds is 25. The zero-order valence-electron chi connectivity index (χ0n) is 22.5. The molecule has 2 N–H and O–H groups in total. The van der Waals surface area contributed by atoms with Crippen LogP contribution in [0.15, 0.2) is 0 Å². The molecule has 0 saturated heterocycles. The summed E-state index contributed by atoms with van der Waals surface area (Å²) >= 11 is 0. The minimum absolute atomic E-state index is 0.00881. The monoisotopic (exact) mass is 507 g/mol. The average Bonchev–Trinajstić information content (AvgIpc) is 2.81. The van der Waals surface area contributed by atoms with Gasteiger partial charge >= 0.3 is 13.6 Å². The number of carbonyl (C=O) groups excluding carboxylic acids is 1. The molecule has 0 heterocycles. The molecule has 0 rings (SSSR count). The van der Waals surface area contributed by atoms with Crippen molar-refractivity contribution >= 4 is 13.6 Å². The Labute approximate surface area is 209 Å². The van der Waals surface area contributed by atoms with Crippen molar-refractivity contribution in [3.05, 3.63) is 0 Å². The van der Waals surface area contributed by atoms with Crippen molar-refractivity contribution in [2.45, 2.75) is 117 Å². The molecule has 204 valence electrons. The maximum absolute atomic E-state index is 12.0. The lowest BCUT2D eigenvalue weighted by molar-refractivity contribution is -0.154. The van der Waals surface area contributed by atoms with E-state index in [-0.39, 0.29) is 31.8 Å². The fraction of sp³-hybridized carbons (Fsp3) is 0.962. The number of unbranched alkanes of at least 4 members (excludes halogenated alkanes) is 11. The van der Waals surface area contributed by atoms with Crippen LogP contribution in [0, 0.1) is 5.92 Å². The lowest BCUT2D eigenvalue weighted by Gasteiger charge is -2.21. The van der Waals surface area contributed by atoms with Crippen LogP contribution in [0.3, 0.4) is 0 Å². The van der Waals surface area contributed by atoms with Crippen LogP contribution in [0.5, 0.6) is 0 Å². The summed E-state index contributed by atoms with van der Waals surface area (Å²) in [5, 5.41) is 2.82. The van der Waals surface area contributed by atoms with Gasteiger partial charge in [-0.2, -0.15) is 0 Å². The molecule has 7 nitrogen and oxygen atoms in total. The van der Waals surface area contributed by atoms with E-state index in [2.05, 4.69) is 19.2 Å². The molecule has 34 heavy (non-hydrogen) atoms. The predicted octanol–water partition coefficient (Wildman–Crippen LogP) is 6.47. The Bertz CT molecular complexity index is 520. The van der Waals surface area contributed by atoms with Gasteiger partial charge in [0.2, 0.25) is 0 Å². The van der Waals surface area contributed by atoms with E-state index < -0.39 is 13.7 Å². The Morgan fingerprint density at radius 2 is 1.44 bits per heavy atom. The van der Waals surface area contributed by atoms with Crippen molar-refractivity contribution in [1.29, 1.82) is 0 Å². The van der Waals surface area contributed by atoms with Crippen LogP contribution in [0.25, 0.3) is 0 Å². The van der Waals surface area contributed by atoms with Gasteiger partial charge in [0.1, 0.15) is 6.10 Å². The van der Waals surface area contributed by atoms with Crippen LogP contribution in [-0.2, 0) is 23.4 Å². The van der Waals surface area contributed by atoms with Crippen molar-refractivity contribution in [3.8, 4) is 0 Å². The van der Waals surface area contributed by atoms with E-state index in [1.165, 1.54) is 77.0 Å². The maximum atomic E-state index is 12.0. The highest BCUT2D eigenvalue weighted by Crippen LogP contribution is 2.41. The van der Waals surface area contributed by atoms with Gasteiger partial charge in [0.15, 0.2) is 0 Å². The minimum Gasteiger partial charge on any atom is -0.457 e. The Balaban J connectivity index is 3.89. The van der Waals surface area contributed by atoms with E-state index in [4.69, 9.17) is 14.0 Å². The molecule has 0 aromatic heterocycles. The fourth-order valence-electron chi connectivity index (χ4n) is 3.72. The van der Waals surface area contributed by atoms with E-state index >= 15 is 0 Å². The lowest BCUT2D eigenvalue weighted by Crippen LogP contribution is -2.29. The van der Waals surface area contributed by atoms with Gasteiger partial charge in [-0.1, -0.05) is 97.8 Å². The van der Waals surface area contributed by atoms with Crippen LogP contribution in [0.2, 0.25) is 0 Å². The second-order valence-electron chi connectivity index (χ2n) is 9.55. The molecule has 0 radical (unpaired) electrons. The van der Waals surface area contributed by atoms with Crippen molar-refractivity contribution in [1.82, 2.24) is 5.32 Å². The van der Waals surface area contributed by atoms with Gasteiger partial charge in [-0.05, 0) is 19.4 Å². The van der Waals surface area contributed by atoms with E-state index in [9.17, 15) is 14.3 Å². The third-order valence-corrected chi connectivity index (χ3v) is 7.29. The summed E-state index contributed by atoms with van der Waals surface area (Å²) in [6.07, 6.45) is 16.9. The summed E-state index contributed by atoms with van der Waals surface area (Å²) in [6.45, 7) is 7.12. The van der Waals surface area contributed by atoms with Gasteiger partial charge in [0, 0.05) is 19.6 Å². The Morgan fingerprint density at radius 1 is 0.882 bits per heavy atom. The van der Waals surface area contributed by atoms with Crippen molar-refractivity contribution in [3.63, 3.8) is 0 Å². The normalized spacial score (nSPS) is 15.1. The van der Waals surface area contributed by atoms with Crippen molar-refractivity contribution < 1.29 is 28.3 Å². The number of esters is 1. The highest BCUT2D eigenvalue weighted by molar-refractivity contribution is 7.52. The SMILES string of the molecule is CCCCCCCCCCCCCCC(C)COCC(COP(=O)(O)CCNC)OC(=O)CC. The largest absolute Gasteiger partial charge is 0.457 e. The first-order chi connectivity index (χ1) is 16.3. The molecule has 0 aromatic carbocycles. The average molecular weight is 508 g/mol. The molecule has 0 aliphatic rings. The lowest BCUT2D eigenvalue weighted by atomic mass is 10.0. The van der Waals surface area contributed by atoms with E-state index in [1.807, 2.05) is 0 Å². The topological polar surface area (TPSA) is 94.1 Å².